The normalized spacial score (nSPS) is 10.9. The van der Waals surface area contributed by atoms with Crippen LogP contribution in [0.15, 0.2) is 46.4 Å². The summed E-state index contributed by atoms with van der Waals surface area (Å²) in [7, 11) is 0. The SMILES string of the molecule is N#C/C(=C\c1ccc(-c2ccc([N+](=O)[O-])cc2)o1)C(N)=O. The summed E-state index contributed by atoms with van der Waals surface area (Å²) in [6.45, 7) is 0. The van der Waals surface area contributed by atoms with Crippen molar-refractivity contribution in [3.8, 4) is 17.4 Å². The van der Waals surface area contributed by atoms with Gasteiger partial charge in [0.05, 0.1) is 4.92 Å². The van der Waals surface area contributed by atoms with E-state index in [0.29, 0.717) is 17.1 Å². The number of nitrogens with zero attached hydrogens (tertiary/aromatic N) is 2. The van der Waals surface area contributed by atoms with Crippen molar-refractivity contribution in [3.05, 3.63) is 57.8 Å². The van der Waals surface area contributed by atoms with E-state index < -0.39 is 10.8 Å². The molecule has 1 heterocycles. The second kappa shape index (κ2) is 5.71. The number of amides is 1. The fraction of sp³-hybridized carbons (Fsp3) is 0. The van der Waals surface area contributed by atoms with Crippen molar-refractivity contribution in [1.29, 1.82) is 5.26 Å². The minimum absolute atomic E-state index is 0.0223. The fourth-order valence-corrected chi connectivity index (χ4v) is 1.63. The van der Waals surface area contributed by atoms with E-state index in [1.165, 1.54) is 18.2 Å². The Morgan fingerprint density at radius 2 is 1.95 bits per heavy atom. The molecule has 21 heavy (non-hydrogen) atoms. The Bertz CT molecular complexity index is 766. The molecular formula is C14H9N3O4. The summed E-state index contributed by atoms with van der Waals surface area (Å²) in [5, 5.41) is 19.3. The summed E-state index contributed by atoms with van der Waals surface area (Å²) in [6, 6.07) is 10.7. The number of benzene rings is 1. The maximum Gasteiger partial charge on any atom is 0.269 e. The first-order valence-electron chi connectivity index (χ1n) is 5.77. The van der Waals surface area contributed by atoms with E-state index in [1.807, 2.05) is 0 Å². The Morgan fingerprint density at radius 1 is 1.29 bits per heavy atom. The quantitative estimate of drug-likeness (QED) is 0.399. The third kappa shape index (κ3) is 3.13. The minimum Gasteiger partial charge on any atom is -0.457 e. The number of furan rings is 1. The van der Waals surface area contributed by atoms with Crippen molar-refractivity contribution >= 4 is 17.7 Å². The predicted octanol–water partition coefficient (Wildman–Crippen LogP) is 2.25. The van der Waals surface area contributed by atoms with Crippen LogP contribution < -0.4 is 5.73 Å². The van der Waals surface area contributed by atoms with Crippen molar-refractivity contribution in [2.24, 2.45) is 5.73 Å². The second-order valence-electron chi connectivity index (χ2n) is 4.04. The van der Waals surface area contributed by atoms with Crippen molar-refractivity contribution in [1.82, 2.24) is 0 Å². The number of hydrogen-bond donors (Lipinski definition) is 1. The zero-order valence-electron chi connectivity index (χ0n) is 10.6. The molecule has 2 rings (SSSR count). The number of carbonyl (C=O) groups excluding carboxylic acids is 1. The first-order chi connectivity index (χ1) is 10.0. The van der Waals surface area contributed by atoms with Gasteiger partial charge in [-0.05, 0) is 24.3 Å². The topological polar surface area (TPSA) is 123 Å². The molecule has 0 fully saturated rings. The van der Waals surface area contributed by atoms with E-state index in [4.69, 9.17) is 15.4 Å². The van der Waals surface area contributed by atoms with Crippen LogP contribution in [0.2, 0.25) is 0 Å². The Labute approximate surface area is 119 Å². The van der Waals surface area contributed by atoms with E-state index in [-0.39, 0.29) is 11.3 Å². The molecule has 0 atom stereocenters. The van der Waals surface area contributed by atoms with E-state index in [2.05, 4.69) is 0 Å². The van der Waals surface area contributed by atoms with Crippen LogP contribution in [0, 0.1) is 21.4 Å². The largest absolute Gasteiger partial charge is 0.457 e. The molecule has 0 saturated carbocycles. The lowest BCUT2D eigenvalue weighted by molar-refractivity contribution is -0.384. The van der Waals surface area contributed by atoms with Gasteiger partial charge in [0, 0.05) is 23.8 Å². The molecule has 1 aromatic carbocycles. The summed E-state index contributed by atoms with van der Waals surface area (Å²) in [5.41, 5.74) is 5.41. The van der Waals surface area contributed by atoms with Crippen LogP contribution in [0.4, 0.5) is 5.69 Å². The van der Waals surface area contributed by atoms with Crippen LogP contribution >= 0.6 is 0 Å². The molecule has 1 aromatic heterocycles. The van der Waals surface area contributed by atoms with Crippen LogP contribution in [0.25, 0.3) is 17.4 Å². The first-order valence-corrected chi connectivity index (χ1v) is 5.77. The van der Waals surface area contributed by atoms with Gasteiger partial charge in [-0.1, -0.05) is 0 Å². The number of nitrogens with two attached hydrogens (primary N) is 1. The number of primary amides is 1. The summed E-state index contributed by atoms with van der Waals surface area (Å²) in [5.74, 6) is -0.0950. The maximum absolute atomic E-state index is 10.9. The molecule has 0 unspecified atom stereocenters. The van der Waals surface area contributed by atoms with Crippen LogP contribution in [0.3, 0.4) is 0 Å². The summed E-state index contributed by atoms with van der Waals surface area (Å²) in [4.78, 5) is 21.0. The molecule has 1 amide bonds. The van der Waals surface area contributed by atoms with Crippen molar-refractivity contribution in [2.45, 2.75) is 0 Å². The van der Waals surface area contributed by atoms with E-state index in [0.717, 1.165) is 0 Å². The number of non-ortho nitro benzene ring substituents is 1. The maximum atomic E-state index is 10.9. The minimum atomic E-state index is -0.842. The predicted molar refractivity (Wildman–Crippen MR) is 73.6 cm³/mol. The molecule has 0 radical (unpaired) electrons. The van der Waals surface area contributed by atoms with Gasteiger partial charge in [0.2, 0.25) is 0 Å². The molecule has 0 aliphatic heterocycles. The first kappa shape index (κ1) is 14.0. The Hall–Kier alpha value is -3.40. The molecule has 0 spiro atoms. The lowest BCUT2D eigenvalue weighted by Crippen LogP contribution is -2.12. The summed E-state index contributed by atoms with van der Waals surface area (Å²) in [6.07, 6.45) is 1.23. The molecule has 0 aliphatic carbocycles. The smallest absolute Gasteiger partial charge is 0.269 e. The number of rotatable bonds is 4. The van der Waals surface area contributed by atoms with Gasteiger partial charge in [-0.25, -0.2) is 0 Å². The van der Waals surface area contributed by atoms with Gasteiger partial charge >= 0.3 is 0 Å². The zero-order chi connectivity index (χ0) is 15.4. The number of nitro groups is 1. The summed E-state index contributed by atoms with van der Waals surface area (Å²) < 4.78 is 5.45. The van der Waals surface area contributed by atoms with Crippen LogP contribution in [0.5, 0.6) is 0 Å². The monoisotopic (exact) mass is 283 g/mol. The number of nitriles is 1. The van der Waals surface area contributed by atoms with Gasteiger partial charge in [0.1, 0.15) is 23.2 Å². The molecule has 0 aliphatic rings. The number of nitro benzene ring substituents is 1. The Kier molecular flexibility index (Phi) is 3.81. The molecule has 7 nitrogen and oxygen atoms in total. The molecule has 0 saturated heterocycles. The summed E-state index contributed by atoms with van der Waals surface area (Å²) >= 11 is 0. The average Bonchev–Trinajstić information content (AvgIpc) is 2.93. The van der Waals surface area contributed by atoms with Gasteiger partial charge in [0.25, 0.3) is 11.6 Å². The van der Waals surface area contributed by atoms with Crippen molar-refractivity contribution in [3.63, 3.8) is 0 Å². The van der Waals surface area contributed by atoms with Gasteiger partial charge in [0.15, 0.2) is 0 Å². The van der Waals surface area contributed by atoms with E-state index in [9.17, 15) is 14.9 Å². The molecule has 7 heteroatoms. The third-order valence-electron chi connectivity index (χ3n) is 2.66. The zero-order valence-corrected chi connectivity index (χ0v) is 10.6. The van der Waals surface area contributed by atoms with Crippen molar-refractivity contribution in [2.75, 3.05) is 0 Å². The average molecular weight is 283 g/mol. The highest BCUT2D eigenvalue weighted by Gasteiger charge is 2.09. The lowest BCUT2D eigenvalue weighted by Gasteiger charge is -1.96. The standard InChI is InChI=1S/C14H9N3O4/c15-8-10(14(16)18)7-12-5-6-13(21-12)9-1-3-11(4-2-9)17(19)20/h1-7H,(H2,16,18)/b10-7+. The molecule has 2 aromatic rings. The van der Waals surface area contributed by atoms with Gasteiger partial charge in [-0.3, -0.25) is 14.9 Å². The number of hydrogen-bond acceptors (Lipinski definition) is 5. The lowest BCUT2D eigenvalue weighted by atomic mass is 10.1. The highest BCUT2D eigenvalue weighted by molar-refractivity contribution is 6.00. The van der Waals surface area contributed by atoms with Gasteiger partial charge in [-0.2, -0.15) is 5.26 Å². The third-order valence-corrected chi connectivity index (χ3v) is 2.66. The highest BCUT2D eigenvalue weighted by atomic mass is 16.6. The molecular weight excluding hydrogens is 274 g/mol. The Balaban J connectivity index is 2.30. The molecule has 2 N–H and O–H groups in total. The van der Waals surface area contributed by atoms with Gasteiger partial charge in [-0.15, -0.1) is 0 Å². The van der Waals surface area contributed by atoms with Crippen LogP contribution in [0.1, 0.15) is 5.76 Å². The number of carbonyl (C=O) groups is 1. The van der Waals surface area contributed by atoms with Gasteiger partial charge < -0.3 is 10.2 Å². The molecule has 104 valence electrons. The second-order valence-corrected chi connectivity index (χ2v) is 4.04. The van der Waals surface area contributed by atoms with Crippen LogP contribution in [-0.4, -0.2) is 10.8 Å². The van der Waals surface area contributed by atoms with Crippen molar-refractivity contribution < 1.29 is 14.1 Å². The highest BCUT2D eigenvalue weighted by Crippen LogP contribution is 2.25. The fourth-order valence-electron chi connectivity index (χ4n) is 1.63. The van der Waals surface area contributed by atoms with E-state index in [1.54, 1.807) is 30.3 Å². The van der Waals surface area contributed by atoms with E-state index >= 15 is 0 Å². The molecule has 0 bridgehead atoms. The Morgan fingerprint density at radius 3 is 2.48 bits per heavy atom. The van der Waals surface area contributed by atoms with Crippen LogP contribution in [-0.2, 0) is 4.79 Å².